The number of rotatable bonds is 5. The van der Waals surface area contributed by atoms with Crippen molar-refractivity contribution in [3.05, 3.63) is 41.3 Å². The van der Waals surface area contributed by atoms with Crippen molar-refractivity contribution in [1.29, 1.82) is 0 Å². The standard InChI is InChI=1S/C19H26ClNO3/c1-18(2,3)19(14-22-16-8-6-15(20)7-9-16)23-13-17(24-19)12-21-10-4-5-11-21/h6-9,13H,4-5,10-12,14H2,1-3H3. The highest BCUT2D eigenvalue weighted by Gasteiger charge is 2.51. The van der Waals surface area contributed by atoms with E-state index in [1.165, 1.54) is 12.8 Å². The maximum atomic E-state index is 6.27. The second-order valence-corrected chi connectivity index (χ2v) is 7.97. The van der Waals surface area contributed by atoms with Crippen molar-refractivity contribution < 1.29 is 14.2 Å². The van der Waals surface area contributed by atoms with E-state index in [1.807, 2.05) is 24.3 Å². The maximum absolute atomic E-state index is 6.27. The van der Waals surface area contributed by atoms with Gasteiger partial charge in [0.1, 0.15) is 17.8 Å². The van der Waals surface area contributed by atoms with E-state index in [0.29, 0.717) is 11.6 Å². The van der Waals surface area contributed by atoms with Crippen molar-refractivity contribution in [2.75, 3.05) is 26.2 Å². The Hall–Kier alpha value is -1.39. The van der Waals surface area contributed by atoms with E-state index in [9.17, 15) is 0 Å². The Labute approximate surface area is 149 Å². The average molecular weight is 352 g/mol. The Kier molecular flexibility index (Phi) is 4.97. The molecule has 1 unspecified atom stereocenters. The normalized spacial score (nSPS) is 24.4. The topological polar surface area (TPSA) is 30.9 Å². The van der Waals surface area contributed by atoms with E-state index in [2.05, 4.69) is 25.7 Å². The van der Waals surface area contributed by atoms with Crippen molar-refractivity contribution in [2.45, 2.75) is 39.4 Å². The summed E-state index contributed by atoms with van der Waals surface area (Å²) in [5, 5.41) is 0.691. The molecular formula is C19H26ClNO3. The van der Waals surface area contributed by atoms with E-state index in [1.54, 1.807) is 6.26 Å². The number of hydrogen-bond acceptors (Lipinski definition) is 4. The molecule has 0 bridgehead atoms. The van der Waals surface area contributed by atoms with Crippen LogP contribution in [-0.2, 0) is 9.47 Å². The smallest absolute Gasteiger partial charge is 0.289 e. The first-order valence-electron chi connectivity index (χ1n) is 8.55. The average Bonchev–Trinajstić information content (AvgIpc) is 3.17. The van der Waals surface area contributed by atoms with Gasteiger partial charge in [0, 0.05) is 10.4 Å². The molecule has 24 heavy (non-hydrogen) atoms. The number of nitrogens with zero attached hydrogens (tertiary/aromatic N) is 1. The zero-order chi connectivity index (χ0) is 17.2. The Balaban J connectivity index is 1.65. The molecule has 0 aliphatic carbocycles. The van der Waals surface area contributed by atoms with Crippen LogP contribution in [0, 0.1) is 5.41 Å². The van der Waals surface area contributed by atoms with E-state index >= 15 is 0 Å². The van der Waals surface area contributed by atoms with Gasteiger partial charge in [0.25, 0.3) is 5.79 Å². The molecule has 2 heterocycles. The SMILES string of the molecule is CC(C)(C)C1(COc2ccc(Cl)cc2)OC=C(CN2CCCC2)O1. The fourth-order valence-corrected chi connectivity index (χ4v) is 3.10. The van der Waals surface area contributed by atoms with Crippen LogP contribution >= 0.6 is 11.6 Å². The number of halogens is 1. The monoisotopic (exact) mass is 351 g/mol. The molecule has 132 valence electrons. The first-order valence-corrected chi connectivity index (χ1v) is 8.92. The molecule has 5 heteroatoms. The van der Waals surface area contributed by atoms with Gasteiger partial charge in [-0.25, -0.2) is 0 Å². The molecule has 1 fully saturated rings. The molecule has 1 atom stereocenters. The van der Waals surface area contributed by atoms with Crippen molar-refractivity contribution in [3.8, 4) is 5.75 Å². The van der Waals surface area contributed by atoms with E-state index in [0.717, 1.165) is 31.1 Å². The third-order valence-corrected chi connectivity index (χ3v) is 4.89. The minimum Gasteiger partial charge on any atom is -0.485 e. The second-order valence-electron chi connectivity index (χ2n) is 7.53. The second kappa shape index (κ2) is 6.85. The summed E-state index contributed by atoms with van der Waals surface area (Å²) in [6, 6.07) is 7.33. The molecule has 0 saturated carbocycles. The highest BCUT2D eigenvalue weighted by atomic mass is 35.5. The molecule has 1 aromatic rings. The molecule has 0 spiro atoms. The summed E-state index contributed by atoms with van der Waals surface area (Å²) in [5.41, 5.74) is -0.233. The van der Waals surface area contributed by atoms with Gasteiger partial charge in [-0.3, -0.25) is 4.90 Å². The zero-order valence-corrected chi connectivity index (χ0v) is 15.4. The van der Waals surface area contributed by atoms with Gasteiger partial charge in [0.05, 0.1) is 6.54 Å². The number of benzene rings is 1. The summed E-state index contributed by atoms with van der Waals surface area (Å²) >= 11 is 5.92. The van der Waals surface area contributed by atoms with E-state index in [-0.39, 0.29) is 5.41 Å². The van der Waals surface area contributed by atoms with Crippen molar-refractivity contribution in [3.63, 3.8) is 0 Å². The summed E-state index contributed by atoms with van der Waals surface area (Å²) in [6.45, 7) is 9.69. The summed E-state index contributed by atoms with van der Waals surface area (Å²) in [4.78, 5) is 2.40. The summed E-state index contributed by atoms with van der Waals surface area (Å²) in [7, 11) is 0. The van der Waals surface area contributed by atoms with Gasteiger partial charge < -0.3 is 14.2 Å². The molecule has 0 radical (unpaired) electrons. The largest absolute Gasteiger partial charge is 0.485 e. The van der Waals surface area contributed by atoms with Gasteiger partial charge in [-0.05, 0) is 50.2 Å². The Morgan fingerprint density at radius 1 is 1.17 bits per heavy atom. The first kappa shape index (κ1) is 17.4. The molecular weight excluding hydrogens is 326 g/mol. The third kappa shape index (κ3) is 3.81. The van der Waals surface area contributed by atoms with Crippen LogP contribution in [0.1, 0.15) is 33.6 Å². The quantitative estimate of drug-likeness (QED) is 0.784. The predicted molar refractivity (Wildman–Crippen MR) is 95.1 cm³/mol. The van der Waals surface area contributed by atoms with Crippen LogP contribution in [0.3, 0.4) is 0 Å². The molecule has 0 N–H and O–H groups in total. The third-order valence-electron chi connectivity index (χ3n) is 4.64. The van der Waals surface area contributed by atoms with Crippen molar-refractivity contribution in [1.82, 2.24) is 4.90 Å². The predicted octanol–water partition coefficient (Wildman–Crippen LogP) is 4.45. The lowest BCUT2D eigenvalue weighted by molar-refractivity contribution is -0.231. The summed E-state index contributed by atoms with van der Waals surface area (Å²) in [5.74, 6) is 0.816. The van der Waals surface area contributed by atoms with Crippen LogP contribution < -0.4 is 4.74 Å². The minimum absolute atomic E-state index is 0.233. The molecule has 1 aromatic carbocycles. The molecule has 2 aliphatic heterocycles. The van der Waals surface area contributed by atoms with Crippen LogP contribution in [0.5, 0.6) is 5.75 Å². The van der Waals surface area contributed by atoms with Gasteiger partial charge in [0.15, 0.2) is 6.61 Å². The molecule has 0 amide bonds. The van der Waals surface area contributed by atoms with Gasteiger partial charge in [-0.2, -0.15) is 0 Å². The van der Waals surface area contributed by atoms with Crippen LogP contribution in [0.25, 0.3) is 0 Å². The Morgan fingerprint density at radius 3 is 2.46 bits per heavy atom. The van der Waals surface area contributed by atoms with Gasteiger partial charge in [-0.1, -0.05) is 32.4 Å². The lowest BCUT2D eigenvalue weighted by Gasteiger charge is -2.39. The van der Waals surface area contributed by atoms with Crippen LogP contribution in [0.15, 0.2) is 36.3 Å². The summed E-state index contributed by atoms with van der Waals surface area (Å²) in [6.07, 6.45) is 4.28. The maximum Gasteiger partial charge on any atom is 0.289 e. The van der Waals surface area contributed by atoms with Crippen molar-refractivity contribution in [2.24, 2.45) is 5.41 Å². The zero-order valence-electron chi connectivity index (χ0n) is 14.7. The molecule has 2 aliphatic rings. The molecule has 0 aromatic heterocycles. The van der Waals surface area contributed by atoms with Gasteiger partial charge >= 0.3 is 0 Å². The van der Waals surface area contributed by atoms with Crippen LogP contribution in [0.2, 0.25) is 5.02 Å². The highest BCUT2D eigenvalue weighted by molar-refractivity contribution is 6.30. The van der Waals surface area contributed by atoms with E-state index in [4.69, 9.17) is 25.8 Å². The van der Waals surface area contributed by atoms with Crippen LogP contribution in [0.4, 0.5) is 0 Å². The number of hydrogen-bond donors (Lipinski definition) is 0. The minimum atomic E-state index is -0.818. The highest BCUT2D eigenvalue weighted by Crippen LogP contribution is 2.41. The lowest BCUT2D eigenvalue weighted by atomic mass is 9.85. The van der Waals surface area contributed by atoms with Crippen molar-refractivity contribution >= 4 is 11.6 Å². The number of ether oxygens (including phenoxy) is 3. The molecule has 4 nitrogen and oxygen atoms in total. The van der Waals surface area contributed by atoms with Crippen LogP contribution in [-0.4, -0.2) is 36.9 Å². The molecule has 3 rings (SSSR count). The fourth-order valence-electron chi connectivity index (χ4n) is 2.97. The summed E-state index contributed by atoms with van der Waals surface area (Å²) < 4.78 is 18.2. The lowest BCUT2D eigenvalue weighted by Crippen LogP contribution is -2.49. The fraction of sp³-hybridized carbons (Fsp3) is 0.579. The molecule has 1 saturated heterocycles. The number of likely N-dealkylation sites (tertiary alicyclic amines) is 1. The van der Waals surface area contributed by atoms with Gasteiger partial charge in [0.2, 0.25) is 0 Å². The van der Waals surface area contributed by atoms with Gasteiger partial charge in [-0.15, -0.1) is 0 Å². The first-order chi connectivity index (χ1) is 11.4. The van der Waals surface area contributed by atoms with E-state index < -0.39 is 5.79 Å². The Morgan fingerprint density at radius 2 is 1.83 bits per heavy atom. The Bertz CT molecular complexity index is 588.